The lowest BCUT2D eigenvalue weighted by Crippen LogP contribution is -2.46. The third kappa shape index (κ3) is 1.48. The molecule has 0 amide bonds. The van der Waals surface area contributed by atoms with Gasteiger partial charge in [-0.05, 0) is 25.3 Å². The number of aromatic nitrogens is 1. The average molecular weight is 310 g/mol. The van der Waals surface area contributed by atoms with Crippen LogP contribution in [0.25, 0.3) is 0 Å². The smallest absolute Gasteiger partial charge is 0.251 e. The molecule has 0 N–H and O–H groups in total. The molecule has 0 saturated heterocycles. The van der Waals surface area contributed by atoms with E-state index in [9.17, 15) is 9.59 Å². The number of carbonyl (C=O) groups excluding carboxylic acids is 1. The normalized spacial score (nSPS) is 30.8. The molecule has 18 heavy (non-hydrogen) atoms. The second-order valence-corrected chi connectivity index (χ2v) is 6.56. The van der Waals surface area contributed by atoms with Crippen molar-refractivity contribution in [1.29, 1.82) is 0 Å². The summed E-state index contributed by atoms with van der Waals surface area (Å²) in [5.74, 6) is 0.122. The standard InChI is InChI=1S/C14H16BrNO2/c1-9-5-6-12(18)16-13(9)10(17)8-14(16)7-3-2-4-11(14)15/h5-6,11H,2-4,7-8H2,1H3. The number of fused-ring (bicyclic) bond motifs is 2. The molecule has 0 radical (unpaired) electrons. The number of aryl methyl sites for hydroxylation is 1. The minimum Gasteiger partial charge on any atom is -0.297 e. The molecular formula is C14H16BrNO2. The van der Waals surface area contributed by atoms with Crippen LogP contribution < -0.4 is 5.56 Å². The SMILES string of the molecule is Cc1ccc(=O)n2c1C(=O)CC21CCCCC1Br. The van der Waals surface area contributed by atoms with E-state index in [1.165, 1.54) is 6.42 Å². The van der Waals surface area contributed by atoms with Gasteiger partial charge in [-0.3, -0.25) is 14.2 Å². The molecule has 1 aliphatic carbocycles. The molecule has 2 heterocycles. The van der Waals surface area contributed by atoms with Crippen molar-refractivity contribution in [1.82, 2.24) is 4.57 Å². The van der Waals surface area contributed by atoms with Crippen molar-refractivity contribution in [3.05, 3.63) is 33.7 Å². The highest BCUT2D eigenvalue weighted by atomic mass is 79.9. The van der Waals surface area contributed by atoms with Gasteiger partial charge < -0.3 is 0 Å². The second kappa shape index (κ2) is 4.05. The molecule has 1 aromatic heterocycles. The number of alkyl halides is 1. The molecule has 1 spiro atoms. The van der Waals surface area contributed by atoms with Gasteiger partial charge in [0.15, 0.2) is 5.78 Å². The highest BCUT2D eigenvalue weighted by Gasteiger charge is 2.49. The lowest BCUT2D eigenvalue weighted by atomic mass is 9.80. The van der Waals surface area contributed by atoms with E-state index < -0.39 is 0 Å². The first kappa shape index (κ1) is 12.2. The lowest BCUT2D eigenvalue weighted by Gasteiger charge is -2.39. The number of nitrogens with zero attached hydrogens (tertiary/aromatic N) is 1. The zero-order chi connectivity index (χ0) is 12.9. The van der Waals surface area contributed by atoms with E-state index in [-0.39, 0.29) is 21.7 Å². The summed E-state index contributed by atoms with van der Waals surface area (Å²) < 4.78 is 1.78. The third-order valence-electron chi connectivity index (χ3n) is 4.37. The Morgan fingerprint density at radius 3 is 2.83 bits per heavy atom. The molecule has 1 fully saturated rings. The van der Waals surface area contributed by atoms with Crippen LogP contribution in [0.5, 0.6) is 0 Å². The van der Waals surface area contributed by atoms with Gasteiger partial charge >= 0.3 is 0 Å². The Morgan fingerprint density at radius 1 is 1.33 bits per heavy atom. The van der Waals surface area contributed by atoms with E-state index in [1.54, 1.807) is 16.7 Å². The van der Waals surface area contributed by atoms with Crippen molar-refractivity contribution < 1.29 is 4.79 Å². The summed E-state index contributed by atoms with van der Waals surface area (Å²) in [6, 6.07) is 3.35. The number of pyridine rings is 1. The third-order valence-corrected chi connectivity index (χ3v) is 5.68. The monoisotopic (exact) mass is 309 g/mol. The average Bonchev–Trinajstić information content (AvgIpc) is 2.64. The number of Topliss-reactive ketones (excluding diaryl/α,β-unsaturated/α-hetero) is 1. The first-order chi connectivity index (χ1) is 8.56. The number of ketones is 1. The van der Waals surface area contributed by atoms with Crippen molar-refractivity contribution in [2.45, 2.75) is 49.4 Å². The fourth-order valence-corrected chi connectivity index (χ4v) is 4.41. The highest BCUT2D eigenvalue weighted by Crippen LogP contribution is 2.46. The largest absolute Gasteiger partial charge is 0.297 e. The van der Waals surface area contributed by atoms with Crippen molar-refractivity contribution in [2.75, 3.05) is 0 Å². The minimum absolute atomic E-state index is 0.0344. The van der Waals surface area contributed by atoms with Crippen LogP contribution in [-0.4, -0.2) is 15.2 Å². The maximum absolute atomic E-state index is 12.3. The molecule has 1 saturated carbocycles. The molecule has 1 aromatic rings. The van der Waals surface area contributed by atoms with Crippen LogP contribution in [-0.2, 0) is 5.54 Å². The van der Waals surface area contributed by atoms with Crippen molar-refractivity contribution in [3.8, 4) is 0 Å². The van der Waals surface area contributed by atoms with E-state index in [2.05, 4.69) is 15.9 Å². The Bertz CT molecular complexity index is 578. The van der Waals surface area contributed by atoms with E-state index >= 15 is 0 Å². The van der Waals surface area contributed by atoms with Gasteiger partial charge in [-0.2, -0.15) is 0 Å². The van der Waals surface area contributed by atoms with E-state index in [1.807, 2.05) is 6.92 Å². The van der Waals surface area contributed by atoms with Crippen LogP contribution in [0.3, 0.4) is 0 Å². The molecule has 3 rings (SSSR count). The van der Waals surface area contributed by atoms with Crippen molar-refractivity contribution in [3.63, 3.8) is 0 Å². The molecule has 2 aliphatic rings. The van der Waals surface area contributed by atoms with Gasteiger partial charge in [0.1, 0.15) is 0 Å². The van der Waals surface area contributed by atoms with Crippen LogP contribution in [0.15, 0.2) is 16.9 Å². The topological polar surface area (TPSA) is 39.1 Å². The van der Waals surface area contributed by atoms with Crippen LogP contribution in [0.2, 0.25) is 0 Å². The fourth-order valence-electron chi connectivity index (χ4n) is 3.49. The Kier molecular flexibility index (Phi) is 2.73. The number of halogens is 1. The zero-order valence-electron chi connectivity index (χ0n) is 10.4. The first-order valence-corrected chi connectivity index (χ1v) is 7.38. The first-order valence-electron chi connectivity index (χ1n) is 6.47. The van der Waals surface area contributed by atoms with Gasteiger partial charge in [-0.25, -0.2) is 0 Å². The summed E-state index contributed by atoms with van der Waals surface area (Å²) in [4.78, 5) is 24.7. The Morgan fingerprint density at radius 2 is 2.11 bits per heavy atom. The predicted molar refractivity (Wildman–Crippen MR) is 73.5 cm³/mol. The van der Waals surface area contributed by atoms with E-state index in [0.29, 0.717) is 12.1 Å². The van der Waals surface area contributed by atoms with Gasteiger partial charge in [-0.1, -0.05) is 34.8 Å². The summed E-state index contributed by atoms with van der Waals surface area (Å²) in [6.45, 7) is 1.91. The Balaban J connectivity index is 2.28. The summed E-state index contributed by atoms with van der Waals surface area (Å²) in [7, 11) is 0. The summed E-state index contributed by atoms with van der Waals surface area (Å²) in [5.41, 5.74) is 1.21. The van der Waals surface area contributed by atoms with Crippen LogP contribution >= 0.6 is 15.9 Å². The van der Waals surface area contributed by atoms with Crippen LogP contribution in [0.1, 0.15) is 48.2 Å². The highest BCUT2D eigenvalue weighted by molar-refractivity contribution is 9.09. The molecule has 2 atom stereocenters. The zero-order valence-corrected chi connectivity index (χ0v) is 12.0. The maximum Gasteiger partial charge on any atom is 0.251 e. The minimum atomic E-state index is -0.312. The number of rotatable bonds is 0. The van der Waals surface area contributed by atoms with Gasteiger partial charge in [0.2, 0.25) is 0 Å². The molecule has 1 aliphatic heterocycles. The Hall–Kier alpha value is -0.900. The molecule has 2 unspecified atom stereocenters. The van der Waals surface area contributed by atoms with Gasteiger partial charge in [0.25, 0.3) is 5.56 Å². The molecule has 4 heteroatoms. The van der Waals surface area contributed by atoms with Gasteiger partial charge in [-0.15, -0.1) is 0 Å². The second-order valence-electron chi connectivity index (χ2n) is 5.46. The molecule has 3 nitrogen and oxygen atoms in total. The van der Waals surface area contributed by atoms with Crippen molar-refractivity contribution in [2.24, 2.45) is 0 Å². The molecule has 0 aromatic carbocycles. The van der Waals surface area contributed by atoms with E-state index in [0.717, 1.165) is 24.8 Å². The van der Waals surface area contributed by atoms with Gasteiger partial charge in [0.05, 0.1) is 11.2 Å². The Labute approximate surface area is 114 Å². The summed E-state index contributed by atoms with van der Waals surface area (Å²) >= 11 is 3.72. The van der Waals surface area contributed by atoms with E-state index in [4.69, 9.17) is 0 Å². The molecule has 96 valence electrons. The van der Waals surface area contributed by atoms with Crippen LogP contribution in [0, 0.1) is 6.92 Å². The summed E-state index contributed by atoms with van der Waals surface area (Å²) in [6.07, 6.45) is 4.69. The maximum atomic E-state index is 12.3. The van der Waals surface area contributed by atoms with Crippen molar-refractivity contribution >= 4 is 21.7 Å². The molecule has 0 bridgehead atoms. The van der Waals surface area contributed by atoms with Crippen LogP contribution in [0.4, 0.5) is 0 Å². The fraction of sp³-hybridized carbons (Fsp3) is 0.571. The number of carbonyl (C=O) groups is 1. The number of hydrogen-bond acceptors (Lipinski definition) is 2. The summed E-state index contributed by atoms with van der Waals surface area (Å²) in [5, 5.41) is 0. The van der Waals surface area contributed by atoms with Gasteiger partial charge in [0, 0.05) is 17.3 Å². The molecular weight excluding hydrogens is 294 g/mol. The quantitative estimate of drug-likeness (QED) is 0.691. The lowest BCUT2D eigenvalue weighted by molar-refractivity contribution is 0.0955. The predicted octanol–water partition coefficient (Wildman–Crippen LogP) is 2.78. The number of hydrogen-bond donors (Lipinski definition) is 0.